The zero-order valence-corrected chi connectivity index (χ0v) is 14.9. The predicted molar refractivity (Wildman–Crippen MR) is 97.6 cm³/mol. The largest absolute Gasteiger partial charge is 0.507 e. The Kier molecular flexibility index (Phi) is 5.34. The van der Waals surface area contributed by atoms with Gasteiger partial charge < -0.3 is 10.0 Å². The molecule has 5 nitrogen and oxygen atoms in total. The molecule has 0 saturated carbocycles. The van der Waals surface area contributed by atoms with Crippen LogP contribution in [0.3, 0.4) is 0 Å². The summed E-state index contributed by atoms with van der Waals surface area (Å²) in [5.74, 6) is 0.296. The molecule has 1 aromatic heterocycles. The standard InChI is InChI=1S/C20H25N3O2/c1-15(2)16-6-7-19(24)18(13-16)20(25)23-11-9-22(10-12-23)14-17-5-3-4-8-21-17/h3-8,13,15,24H,9-12,14H2,1-2H3. The number of carbonyl (C=O) groups is 1. The quantitative estimate of drug-likeness (QED) is 0.931. The van der Waals surface area contributed by atoms with Crippen LogP contribution in [0.1, 0.15) is 41.4 Å². The van der Waals surface area contributed by atoms with Crippen LogP contribution in [-0.4, -0.2) is 52.0 Å². The molecule has 0 atom stereocenters. The third kappa shape index (κ3) is 4.17. The van der Waals surface area contributed by atoms with Gasteiger partial charge in [0.05, 0.1) is 11.3 Å². The Morgan fingerprint density at radius 2 is 1.92 bits per heavy atom. The number of phenolic OH excluding ortho intramolecular Hbond substituents is 1. The normalized spacial score (nSPS) is 15.6. The Bertz CT molecular complexity index is 723. The zero-order chi connectivity index (χ0) is 17.8. The lowest BCUT2D eigenvalue weighted by molar-refractivity contribution is 0.0624. The number of nitrogens with zero attached hydrogens (tertiary/aromatic N) is 3. The molecule has 1 saturated heterocycles. The van der Waals surface area contributed by atoms with E-state index in [4.69, 9.17) is 0 Å². The van der Waals surface area contributed by atoms with E-state index < -0.39 is 0 Å². The number of carbonyl (C=O) groups excluding carboxylic acids is 1. The fourth-order valence-corrected chi connectivity index (χ4v) is 3.08. The Hall–Kier alpha value is -2.40. The molecule has 1 fully saturated rings. The van der Waals surface area contributed by atoms with Crippen molar-refractivity contribution in [2.24, 2.45) is 0 Å². The molecule has 132 valence electrons. The second kappa shape index (κ2) is 7.66. The van der Waals surface area contributed by atoms with Crippen molar-refractivity contribution in [3.8, 4) is 5.75 Å². The highest BCUT2D eigenvalue weighted by molar-refractivity contribution is 5.97. The minimum absolute atomic E-state index is 0.0605. The summed E-state index contributed by atoms with van der Waals surface area (Å²) < 4.78 is 0. The summed E-state index contributed by atoms with van der Waals surface area (Å²) in [6, 6.07) is 11.3. The summed E-state index contributed by atoms with van der Waals surface area (Å²) in [5, 5.41) is 10.1. The summed E-state index contributed by atoms with van der Waals surface area (Å²) in [5.41, 5.74) is 2.52. The molecule has 0 bridgehead atoms. The van der Waals surface area contributed by atoms with Gasteiger partial charge in [-0.15, -0.1) is 0 Å². The van der Waals surface area contributed by atoms with Gasteiger partial charge in [0.1, 0.15) is 5.75 Å². The van der Waals surface area contributed by atoms with Gasteiger partial charge in [0.15, 0.2) is 0 Å². The number of benzene rings is 1. The Morgan fingerprint density at radius 3 is 2.56 bits per heavy atom. The number of pyridine rings is 1. The van der Waals surface area contributed by atoms with Crippen LogP contribution in [0.15, 0.2) is 42.6 Å². The first kappa shape index (κ1) is 17.4. The van der Waals surface area contributed by atoms with Crippen LogP contribution >= 0.6 is 0 Å². The lowest BCUT2D eigenvalue weighted by Gasteiger charge is -2.34. The van der Waals surface area contributed by atoms with Crippen molar-refractivity contribution in [2.45, 2.75) is 26.3 Å². The summed E-state index contributed by atoms with van der Waals surface area (Å²) >= 11 is 0. The summed E-state index contributed by atoms with van der Waals surface area (Å²) in [6.07, 6.45) is 1.81. The number of hydrogen-bond donors (Lipinski definition) is 1. The van der Waals surface area contributed by atoms with Crippen molar-refractivity contribution >= 4 is 5.91 Å². The minimum Gasteiger partial charge on any atom is -0.507 e. The van der Waals surface area contributed by atoms with Crippen LogP contribution in [0.4, 0.5) is 0 Å². The van der Waals surface area contributed by atoms with Crippen molar-refractivity contribution in [3.05, 3.63) is 59.4 Å². The Labute approximate surface area is 148 Å². The Balaban J connectivity index is 1.63. The van der Waals surface area contributed by atoms with E-state index >= 15 is 0 Å². The molecule has 1 aliphatic rings. The fraction of sp³-hybridized carbons (Fsp3) is 0.400. The molecule has 2 heterocycles. The van der Waals surface area contributed by atoms with Gasteiger partial charge in [-0.1, -0.05) is 26.0 Å². The zero-order valence-electron chi connectivity index (χ0n) is 14.9. The monoisotopic (exact) mass is 339 g/mol. The van der Waals surface area contributed by atoms with Crippen molar-refractivity contribution in [3.63, 3.8) is 0 Å². The first-order valence-electron chi connectivity index (χ1n) is 8.79. The van der Waals surface area contributed by atoms with Crippen molar-refractivity contribution in [2.75, 3.05) is 26.2 Å². The van der Waals surface area contributed by atoms with E-state index in [1.54, 1.807) is 12.3 Å². The number of rotatable bonds is 4. The number of phenols is 1. The van der Waals surface area contributed by atoms with Crippen LogP contribution in [0.25, 0.3) is 0 Å². The highest BCUT2D eigenvalue weighted by Gasteiger charge is 2.24. The molecule has 5 heteroatoms. The summed E-state index contributed by atoms with van der Waals surface area (Å²) in [6.45, 7) is 7.92. The van der Waals surface area contributed by atoms with Gasteiger partial charge in [-0.3, -0.25) is 14.7 Å². The maximum atomic E-state index is 12.8. The van der Waals surface area contributed by atoms with Crippen LogP contribution in [0.2, 0.25) is 0 Å². The highest BCUT2D eigenvalue weighted by atomic mass is 16.3. The second-order valence-electron chi connectivity index (χ2n) is 6.82. The molecule has 0 unspecified atom stereocenters. The van der Waals surface area contributed by atoms with E-state index in [9.17, 15) is 9.90 Å². The molecule has 1 aromatic carbocycles. The average molecular weight is 339 g/mol. The predicted octanol–water partition coefficient (Wildman–Crippen LogP) is 2.87. The topological polar surface area (TPSA) is 56.7 Å². The van der Waals surface area contributed by atoms with Crippen LogP contribution in [-0.2, 0) is 6.54 Å². The number of aromatic nitrogens is 1. The maximum Gasteiger partial charge on any atom is 0.257 e. The first-order chi connectivity index (χ1) is 12.0. The van der Waals surface area contributed by atoms with Gasteiger partial charge >= 0.3 is 0 Å². The SMILES string of the molecule is CC(C)c1ccc(O)c(C(=O)N2CCN(Cc3ccccn3)CC2)c1. The number of amides is 1. The van der Waals surface area contributed by atoms with Crippen molar-refractivity contribution in [1.29, 1.82) is 0 Å². The lowest BCUT2D eigenvalue weighted by atomic mass is 9.99. The lowest BCUT2D eigenvalue weighted by Crippen LogP contribution is -2.48. The third-order valence-corrected chi connectivity index (χ3v) is 4.69. The molecule has 0 spiro atoms. The number of piperazine rings is 1. The van der Waals surface area contributed by atoms with Crippen molar-refractivity contribution in [1.82, 2.24) is 14.8 Å². The van der Waals surface area contributed by atoms with Crippen molar-refractivity contribution < 1.29 is 9.90 Å². The molecular weight excluding hydrogens is 314 g/mol. The van der Waals surface area contributed by atoms with Crippen LogP contribution in [0, 0.1) is 0 Å². The van der Waals surface area contributed by atoms with Gasteiger partial charge in [0, 0.05) is 38.9 Å². The first-order valence-corrected chi connectivity index (χ1v) is 8.79. The van der Waals surface area contributed by atoms with E-state index in [0.717, 1.165) is 30.9 Å². The van der Waals surface area contributed by atoms with Crippen LogP contribution < -0.4 is 0 Å². The molecule has 25 heavy (non-hydrogen) atoms. The van der Waals surface area contributed by atoms with Gasteiger partial charge in [-0.05, 0) is 35.7 Å². The molecule has 3 rings (SSSR count). The fourth-order valence-electron chi connectivity index (χ4n) is 3.08. The van der Waals surface area contributed by atoms with E-state index in [1.807, 2.05) is 35.2 Å². The summed E-state index contributed by atoms with van der Waals surface area (Å²) in [4.78, 5) is 21.3. The summed E-state index contributed by atoms with van der Waals surface area (Å²) in [7, 11) is 0. The molecule has 0 radical (unpaired) electrons. The molecule has 1 aliphatic heterocycles. The average Bonchev–Trinajstić information content (AvgIpc) is 2.63. The van der Waals surface area contributed by atoms with Gasteiger partial charge in [-0.2, -0.15) is 0 Å². The van der Waals surface area contributed by atoms with Gasteiger partial charge in [0.2, 0.25) is 0 Å². The van der Waals surface area contributed by atoms with Gasteiger partial charge in [0.25, 0.3) is 5.91 Å². The maximum absolute atomic E-state index is 12.8. The molecular formula is C20H25N3O2. The molecule has 1 amide bonds. The smallest absolute Gasteiger partial charge is 0.257 e. The van der Waals surface area contributed by atoms with E-state index in [2.05, 4.69) is 23.7 Å². The number of hydrogen-bond acceptors (Lipinski definition) is 4. The third-order valence-electron chi connectivity index (χ3n) is 4.69. The van der Waals surface area contributed by atoms with Crippen LogP contribution in [0.5, 0.6) is 5.75 Å². The van der Waals surface area contributed by atoms with Gasteiger partial charge in [-0.25, -0.2) is 0 Å². The molecule has 2 aromatic rings. The number of aromatic hydroxyl groups is 1. The Morgan fingerprint density at radius 1 is 1.16 bits per heavy atom. The second-order valence-corrected chi connectivity index (χ2v) is 6.82. The van der Waals surface area contributed by atoms with E-state index in [1.165, 1.54) is 0 Å². The molecule has 0 aliphatic carbocycles. The van der Waals surface area contributed by atoms with E-state index in [0.29, 0.717) is 24.6 Å². The van der Waals surface area contributed by atoms with E-state index in [-0.39, 0.29) is 11.7 Å². The molecule has 1 N–H and O–H groups in total. The minimum atomic E-state index is -0.0857. The highest BCUT2D eigenvalue weighted by Crippen LogP contribution is 2.25.